The fourth-order valence-electron chi connectivity index (χ4n) is 0.858. The number of aliphatic hydroxyl groups is 1. The Kier molecular flexibility index (Phi) is 7.30. The highest BCUT2D eigenvalue weighted by Gasteiger charge is 2.03. The Bertz CT molecular complexity index is 173. The third kappa shape index (κ3) is 6.34. The molecule has 0 radical (unpaired) electrons. The van der Waals surface area contributed by atoms with Gasteiger partial charge < -0.3 is 9.84 Å². The number of carbonyl (C=O) groups is 1. The van der Waals surface area contributed by atoms with Crippen molar-refractivity contribution in [3.63, 3.8) is 0 Å². The predicted molar refractivity (Wildman–Crippen MR) is 51.3 cm³/mol. The molecule has 0 atom stereocenters. The highest BCUT2D eigenvalue weighted by Crippen LogP contribution is 2.02. The smallest absolute Gasteiger partial charge is 0.333 e. The lowest BCUT2D eigenvalue weighted by molar-refractivity contribution is -0.139. The molecular formula is C10H18O3. The quantitative estimate of drug-likeness (QED) is 0.390. The Balaban J connectivity index is 3.72. The van der Waals surface area contributed by atoms with E-state index in [1.807, 2.05) is 6.08 Å². The summed E-state index contributed by atoms with van der Waals surface area (Å²) in [6, 6.07) is 0. The summed E-state index contributed by atoms with van der Waals surface area (Å²) in [7, 11) is 0. The van der Waals surface area contributed by atoms with Crippen molar-refractivity contribution in [1.82, 2.24) is 0 Å². The molecule has 0 aliphatic heterocycles. The molecule has 76 valence electrons. The van der Waals surface area contributed by atoms with Gasteiger partial charge in [-0.1, -0.05) is 25.8 Å². The van der Waals surface area contributed by atoms with Crippen LogP contribution in [-0.2, 0) is 9.53 Å². The maximum Gasteiger partial charge on any atom is 0.333 e. The summed E-state index contributed by atoms with van der Waals surface area (Å²) in [6.45, 7) is 3.80. The van der Waals surface area contributed by atoms with Crippen LogP contribution in [0.25, 0.3) is 0 Å². The molecule has 1 N–H and O–H groups in total. The number of allylic oxidation sites excluding steroid dienone is 1. The Morgan fingerprint density at radius 1 is 1.54 bits per heavy atom. The normalized spacial score (nSPS) is 11.5. The maximum absolute atomic E-state index is 11.1. The predicted octanol–water partition coefficient (Wildman–Crippen LogP) is 1.66. The highest BCUT2D eigenvalue weighted by molar-refractivity contribution is 5.87. The fraction of sp³-hybridized carbons (Fsp3) is 0.700. The summed E-state index contributed by atoms with van der Waals surface area (Å²) >= 11 is 0. The van der Waals surface area contributed by atoms with E-state index in [9.17, 15) is 4.79 Å². The first-order valence-corrected chi connectivity index (χ1v) is 4.67. The highest BCUT2D eigenvalue weighted by atomic mass is 16.5. The van der Waals surface area contributed by atoms with Crippen LogP contribution in [0.3, 0.4) is 0 Å². The number of carbonyl (C=O) groups excluding carboxylic acids is 1. The van der Waals surface area contributed by atoms with Gasteiger partial charge in [0.05, 0.1) is 6.61 Å². The van der Waals surface area contributed by atoms with Crippen molar-refractivity contribution in [1.29, 1.82) is 0 Å². The topological polar surface area (TPSA) is 46.5 Å². The standard InChI is InChI=1S/C10H18O3/c1-3-4-5-6-9(2)10(12)13-8-7-11/h6,11H,3-5,7-8H2,1-2H3. The molecule has 0 aromatic carbocycles. The molecule has 3 heteroatoms. The number of unbranched alkanes of at least 4 members (excludes halogenated alkanes) is 2. The molecule has 0 heterocycles. The van der Waals surface area contributed by atoms with Crippen molar-refractivity contribution in [3.05, 3.63) is 11.6 Å². The van der Waals surface area contributed by atoms with E-state index in [2.05, 4.69) is 6.92 Å². The maximum atomic E-state index is 11.1. The van der Waals surface area contributed by atoms with Crippen molar-refractivity contribution >= 4 is 5.97 Å². The molecule has 0 rings (SSSR count). The van der Waals surface area contributed by atoms with E-state index in [-0.39, 0.29) is 19.2 Å². The monoisotopic (exact) mass is 186 g/mol. The minimum absolute atomic E-state index is 0.0811. The molecule has 0 unspecified atom stereocenters. The zero-order valence-corrected chi connectivity index (χ0v) is 8.38. The lowest BCUT2D eigenvalue weighted by Crippen LogP contribution is -2.09. The van der Waals surface area contributed by atoms with Crippen LogP contribution in [0.5, 0.6) is 0 Å². The third-order valence-electron chi connectivity index (χ3n) is 1.65. The minimum atomic E-state index is -0.329. The van der Waals surface area contributed by atoms with Crippen LogP contribution in [0.2, 0.25) is 0 Å². The van der Waals surface area contributed by atoms with E-state index in [0.717, 1.165) is 19.3 Å². The summed E-state index contributed by atoms with van der Waals surface area (Å²) in [6.07, 6.45) is 5.00. The van der Waals surface area contributed by atoms with Crippen molar-refractivity contribution in [2.24, 2.45) is 0 Å². The molecule has 0 aromatic rings. The van der Waals surface area contributed by atoms with Gasteiger partial charge in [0.15, 0.2) is 0 Å². The molecule has 0 aliphatic carbocycles. The number of hydrogen-bond donors (Lipinski definition) is 1. The third-order valence-corrected chi connectivity index (χ3v) is 1.65. The van der Waals surface area contributed by atoms with E-state index < -0.39 is 0 Å². The van der Waals surface area contributed by atoms with Crippen molar-refractivity contribution in [3.8, 4) is 0 Å². The Morgan fingerprint density at radius 3 is 2.77 bits per heavy atom. The van der Waals surface area contributed by atoms with Crippen molar-refractivity contribution < 1.29 is 14.6 Å². The second-order valence-electron chi connectivity index (χ2n) is 2.89. The fourth-order valence-corrected chi connectivity index (χ4v) is 0.858. The molecule has 0 fully saturated rings. The molecular weight excluding hydrogens is 168 g/mol. The van der Waals surface area contributed by atoms with E-state index in [1.165, 1.54) is 0 Å². The van der Waals surface area contributed by atoms with Crippen molar-refractivity contribution in [2.75, 3.05) is 13.2 Å². The van der Waals surface area contributed by atoms with Crippen LogP contribution >= 0.6 is 0 Å². The van der Waals surface area contributed by atoms with Gasteiger partial charge in [0.1, 0.15) is 6.61 Å². The molecule has 0 aromatic heterocycles. The summed E-state index contributed by atoms with van der Waals surface area (Å²) in [4.78, 5) is 11.1. The molecule has 3 nitrogen and oxygen atoms in total. The van der Waals surface area contributed by atoms with Gasteiger partial charge in [0.2, 0.25) is 0 Å². The van der Waals surface area contributed by atoms with Gasteiger partial charge in [0.25, 0.3) is 0 Å². The number of ether oxygens (including phenoxy) is 1. The first-order valence-electron chi connectivity index (χ1n) is 4.67. The van der Waals surface area contributed by atoms with Crippen molar-refractivity contribution in [2.45, 2.75) is 33.1 Å². The van der Waals surface area contributed by atoms with E-state index in [1.54, 1.807) is 6.92 Å². The van der Waals surface area contributed by atoms with Crippen LogP contribution in [0.15, 0.2) is 11.6 Å². The summed E-state index contributed by atoms with van der Waals surface area (Å²) in [5.74, 6) is -0.329. The largest absolute Gasteiger partial charge is 0.460 e. The van der Waals surface area contributed by atoms with E-state index >= 15 is 0 Å². The zero-order chi connectivity index (χ0) is 10.1. The second-order valence-corrected chi connectivity index (χ2v) is 2.89. The zero-order valence-electron chi connectivity index (χ0n) is 8.38. The van der Waals surface area contributed by atoms with E-state index in [0.29, 0.717) is 5.57 Å². The van der Waals surface area contributed by atoms with Crippen LogP contribution in [0.1, 0.15) is 33.1 Å². The van der Waals surface area contributed by atoms with Gasteiger partial charge >= 0.3 is 5.97 Å². The molecule has 0 saturated heterocycles. The summed E-state index contributed by atoms with van der Waals surface area (Å²) < 4.78 is 4.73. The molecule has 13 heavy (non-hydrogen) atoms. The van der Waals surface area contributed by atoms with Gasteiger partial charge in [-0.2, -0.15) is 0 Å². The number of esters is 1. The first-order chi connectivity index (χ1) is 6.22. The van der Waals surface area contributed by atoms with Gasteiger partial charge in [-0.15, -0.1) is 0 Å². The molecule has 0 aliphatic rings. The molecule has 0 bridgehead atoms. The molecule has 0 saturated carbocycles. The Morgan fingerprint density at radius 2 is 2.23 bits per heavy atom. The van der Waals surface area contributed by atoms with Gasteiger partial charge in [0, 0.05) is 5.57 Å². The second kappa shape index (κ2) is 7.80. The number of hydrogen-bond acceptors (Lipinski definition) is 3. The molecule has 0 amide bonds. The minimum Gasteiger partial charge on any atom is -0.460 e. The lowest BCUT2D eigenvalue weighted by atomic mass is 10.2. The first kappa shape index (κ1) is 12.2. The van der Waals surface area contributed by atoms with Gasteiger partial charge in [-0.3, -0.25) is 0 Å². The molecule has 0 spiro atoms. The Labute approximate surface area is 79.4 Å². The summed E-state index contributed by atoms with van der Waals surface area (Å²) in [5.41, 5.74) is 0.627. The van der Waals surface area contributed by atoms with Gasteiger partial charge in [-0.25, -0.2) is 4.79 Å². The van der Waals surface area contributed by atoms with E-state index in [4.69, 9.17) is 9.84 Å². The lowest BCUT2D eigenvalue weighted by Gasteiger charge is -2.02. The van der Waals surface area contributed by atoms with Crippen LogP contribution < -0.4 is 0 Å². The average molecular weight is 186 g/mol. The number of rotatable bonds is 6. The van der Waals surface area contributed by atoms with Crippen LogP contribution in [0.4, 0.5) is 0 Å². The van der Waals surface area contributed by atoms with Crippen LogP contribution in [0, 0.1) is 0 Å². The number of aliphatic hydroxyl groups excluding tert-OH is 1. The summed E-state index contributed by atoms with van der Waals surface area (Å²) in [5, 5.41) is 8.41. The Hall–Kier alpha value is -0.830. The van der Waals surface area contributed by atoms with Crippen LogP contribution in [-0.4, -0.2) is 24.3 Å². The van der Waals surface area contributed by atoms with Gasteiger partial charge in [-0.05, 0) is 13.3 Å². The SMILES string of the molecule is CCCCC=C(C)C(=O)OCCO. The average Bonchev–Trinajstić information content (AvgIpc) is 2.14.